The van der Waals surface area contributed by atoms with Crippen molar-refractivity contribution in [2.75, 3.05) is 47.6 Å². The Labute approximate surface area is 412 Å². The third-order valence-electron chi connectivity index (χ3n) is 12.4. The van der Waals surface area contributed by atoms with Crippen molar-refractivity contribution >= 4 is 29.8 Å². The van der Waals surface area contributed by atoms with Crippen LogP contribution in [0.15, 0.2) is 188 Å². The number of esters is 2. The number of ether oxygens (including phenoxy) is 4. The van der Waals surface area contributed by atoms with Crippen LogP contribution in [-0.2, 0) is 44.5 Å². The van der Waals surface area contributed by atoms with Gasteiger partial charge in [0.2, 0.25) is 11.8 Å². The summed E-state index contributed by atoms with van der Waals surface area (Å²) in [7, 11) is 3.72. The minimum atomic E-state index is -0.671. The lowest BCUT2D eigenvalue weighted by atomic mass is 9.90. The van der Waals surface area contributed by atoms with Crippen molar-refractivity contribution in [3.05, 3.63) is 221 Å². The molecule has 4 atom stereocenters. The fourth-order valence-electron chi connectivity index (χ4n) is 9.02. The number of likely N-dealkylation sites (tertiary alicyclic amines) is 2. The largest absolute Gasteiger partial charge is 0.467 e. The predicted octanol–water partition coefficient (Wildman–Crippen LogP) is 8.91. The van der Waals surface area contributed by atoms with Crippen molar-refractivity contribution in [2.45, 2.75) is 61.8 Å². The first kappa shape index (κ1) is 52.2. The van der Waals surface area contributed by atoms with E-state index >= 15 is 0 Å². The molecule has 364 valence electrons. The molecule has 11 nitrogen and oxygen atoms in total. The number of amides is 2. The molecule has 2 fully saturated rings. The highest BCUT2D eigenvalue weighted by Gasteiger charge is 2.45. The fraction of sp³-hybridized carbons (Fsp3) is 0.288. The summed E-state index contributed by atoms with van der Waals surface area (Å²) in [5.74, 6) is -2.05. The Balaban J connectivity index is 0.000000222. The Morgan fingerprint density at radius 2 is 0.886 bits per heavy atom. The lowest BCUT2D eigenvalue weighted by Crippen LogP contribution is -2.43. The number of carbonyl (C=O) groups is 4. The van der Waals surface area contributed by atoms with Crippen LogP contribution in [-0.4, -0.2) is 111 Å². The normalized spacial score (nSPS) is 17.3. The lowest BCUT2D eigenvalue weighted by molar-refractivity contribution is -0.151. The van der Waals surface area contributed by atoms with Crippen LogP contribution in [0.1, 0.15) is 64.5 Å². The summed E-state index contributed by atoms with van der Waals surface area (Å²) >= 11 is 0. The Bertz CT molecular complexity index is 2430. The van der Waals surface area contributed by atoms with Gasteiger partial charge in [0, 0.05) is 39.6 Å². The number of benzene rings is 6. The molecule has 0 aliphatic carbocycles. The van der Waals surface area contributed by atoms with Gasteiger partial charge in [-0.1, -0.05) is 194 Å². The number of carbonyl (C=O) groups excluding carboxylic acids is 4. The van der Waals surface area contributed by atoms with Crippen molar-refractivity contribution in [3.63, 3.8) is 0 Å². The van der Waals surface area contributed by atoms with Gasteiger partial charge in [0.15, 0.2) is 0 Å². The first-order valence-electron chi connectivity index (χ1n) is 23.7. The van der Waals surface area contributed by atoms with Gasteiger partial charge in [-0.15, -0.1) is 0 Å². The Morgan fingerprint density at radius 3 is 1.27 bits per heavy atom. The van der Waals surface area contributed by atoms with Crippen molar-refractivity contribution in [1.82, 2.24) is 9.80 Å². The molecule has 2 amide bonds. The number of rotatable bonds is 17. The molecule has 0 radical (unpaired) electrons. The molecule has 6 aromatic carbocycles. The van der Waals surface area contributed by atoms with E-state index in [0.717, 1.165) is 47.8 Å². The maximum absolute atomic E-state index is 13.9. The molecule has 70 heavy (non-hydrogen) atoms. The number of nitrogens with zero attached hydrogens (tertiary/aromatic N) is 2. The van der Waals surface area contributed by atoms with Crippen molar-refractivity contribution < 1.29 is 43.2 Å². The topological polar surface area (TPSA) is 132 Å². The van der Waals surface area contributed by atoms with Crippen LogP contribution in [0.25, 0.3) is 6.08 Å². The van der Waals surface area contributed by atoms with Crippen molar-refractivity contribution in [3.8, 4) is 0 Å². The Morgan fingerprint density at radius 1 is 0.529 bits per heavy atom. The quantitative estimate of drug-likeness (QED) is 0.0704. The molecule has 0 aromatic heterocycles. The molecule has 0 unspecified atom stereocenters. The number of aryl methyl sites for hydroxylation is 1. The highest BCUT2D eigenvalue weighted by atomic mass is 16.5. The smallest absolute Gasteiger partial charge is 0.328 e. The second-order valence-corrected chi connectivity index (χ2v) is 16.9. The average molecular weight is 945 g/mol. The first-order valence-corrected chi connectivity index (χ1v) is 23.7. The Kier molecular flexibility index (Phi) is 20.7. The zero-order valence-electron chi connectivity index (χ0n) is 40.2. The lowest BCUT2D eigenvalue weighted by Gasteiger charge is -2.28. The standard InChI is InChI=1S/C29H31NO4.C29H29NO4.CH4O/c2*1-33-29(32)26-20-25(34-19-11-14-22-12-5-2-6-13-22)21-30(26)28(31)27(23-15-7-3-8-16-23)24-17-9-4-10-18-24;1-2/h2-10,12-13,15-18,25-27H,11,14,19-21H2,1H3;2-18,25-27H,19-21H2,1H3;2H,1H3/b;14-11+;/t2*25-,26-;/m11./s1. The van der Waals surface area contributed by atoms with Crippen LogP contribution in [0, 0.1) is 0 Å². The second-order valence-electron chi connectivity index (χ2n) is 16.9. The molecule has 6 aromatic rings. The number of aliphatic hydroxyl groups excluding tert-OH is 1. The van der Waals surface area contributed by atoms with Gasteiger partial charge in [-0.25, -0.2) is 9.59 Å². The van der Waals surface area contributed by atoms with E-state index < -0.39 is 35.9 Å². The van der Waals surface area contributed by atoms with Gasteiger partial charge in [0.25, 0.3) is 0 Å². The molecule has 0 bridgehead atoms. The average Bonchev–Trinajstić information content (AvgIpc) is 4.06. The fourth-order valence-corrected chi connectivity index (χ4v) is 9.02. The van der Waals surface area contributed by atoms with Crippen LogP contribution in [0.3, 0.4) is 0 Å². The van der Waals surface area contributed by atoms with Crippen molar-refractivity contribution in [2.24, 2.45) is 0 Å². The molecular weight excluding hydrogens is 881 g/mol. The summed E-state index contributed by atoms with van der Waals surface area (Å²) in [4.78, 5) is 56.3. The van der Waals surface area contributed by atoms with Crippen LogP contribution in [0.2, 0.25) is 0 Å². The monoisotopic (exact) mass is 944 g/mol. The molecule has 2 saturated heterocycles. The third kappa shape index (κ3) is 14.4. The van der Waals surface area contributed by atoms with E-state index in [0.29, 0.717) is 39.1 Å². The van der Waals surface area contributed by atoms with Gasteiger partial charge in [-0.05, 0) is 46.2 Å². The summed E-state index contributed by atoms with van der Waals surface area (Å²) in [6.07, 6.45) is 6.17. The number of aliphatic hydroxyl groups is 1. The number of methoxy groups -OCH3 is 2. The maximum Gasteiger partial charge on any atom is 0.328 e. The number of hydrogen-bond acceptors (Lipinski definition) is 9. The van der Waals surface area contributed by atoms with Crippen LogP contribution in [0.4, 0.5) is 0 Å². The van der Waals surface area contributed by atoms with Gasteiger partial charge < -0.3 is 33.9 Å². The van der Waals surface area contributed by atoms with Crippen molar-refractivity contribution in [1.29, 1.82) is 0 Å². The summed E-state index contributed by atoms with van der Waals surface area (Å²) in [5.41, 5.74) is 5.93. The van der Waals surface area contributed by atoms with E-state index in [1.54, 1.807) is 9.80 Å². The molecule has 8 rings (SSSR count). The van der Waals surface area contributed by atoms with Gasteiger partial charge in [0.1, 0.15) is 12.1 Å². The zero-order valence-corrected chi connectivity index (χ0v) is 40.2. The van der Waals surface area contributed by atoms with E-state index in [9.17, 15) is 19.2 Å². The molecule has 1 N–H and O–H groups in total. The van der Waals surface area contributed by atoms with Gasteiger partial charge in [-0.3, -0.25) is 9.59 Å². The van der Waals surface area contributed by atoms with Gasteiger partial charge >= 0.3 is 11.9 Å². The van der Waals surface area contributed by atoms with E-state index in [1.165, 1.54) is 19.8 Å². The Hall–Kier alpha value is -7.18. The highest BCUT2D eigenvalue weighted by Crippen LogP contribution is 2.33. The SMILES string of the molecule is CO.COC(=O)[C@H]1C[C@@H](OC/C=C/c2ccccc2)CN1C(=O)C(c1ccccc1)c1ccccc1.COC(=O)[C@H]1C[C@@H](OCCCc2ccccc2)CN1C(=O)C(c1ccccc1)c1ccccc1. The van der Waals surface area contributed by atoms with E-state index in [2.05, 4.69) is 12.1 Å². The van der Waals surface area contributed by atoms with E-state index in [4.69, 9.17) is 24.1 Å². The minimum Gasteiger partial charge on any atom is -0.467 e. The summed E-state index contributed by atoms with van der Waals surface area (Å²) in [6.45, 7) is 1.70. The molecule has 11 heteroatoms. The zero-order chi connectivity index (χ0) is 49.5. The van der Waals surface area contributed by atoms with Crippen LogP contribution < -0.4 is 0 Å². The predicted molar refractivity (Wildman–Crippen MR) is 272 cm³/mol. The summed E-state index contributed by atoms with van der Waals surface area (Å²) in [5, 5.41) is 7.00. The highest BCUT2D eigenvalue weighted by molar-refractivity contribution is 5.92. The third-order valence-corrected chi connectivity index (χ3v) is 12.4. The van der Waals surface area contributed by atoms with Gasteiger partial charge in [0.05, 0.1) is 44.9 Å². The minimum absolute atomic E-state index is 0.108. The summed E-state index contributed by atoms with van der Waals surface area (Å²) < 4.78 is 22.2. The molecule has 2 aliphatic heterocycles. The molecule has 0 spiro atoms. The molecule has 2 heterocycles. The number of hydrogen-bond donors (Lipinski definition) is 1. The molecule has 0 saturated carbocycles. The first-order chi connectivity index (χ1) is 34.3. The second kappa shape index (κ2) is 27.7. The summed E-state index contributed by atoms with van der Waals surface area (Å²) in [6, 6.07) is 57.7. The molecule has 2 aliphatic rings. The molecular formula is C59H64N2O9. The van der Waals surface area contributed by atoms with Crippen LogP contribution in [0.5, 0.6) is 0 Å². The van der Waals surface area contributed by atoms with Crippen LogP contribution >= 0.6 is 0 Å². The van der Waals surface area contributed by atoms with E-state index in [1.807, 2.05) is 182 Å². The maximum atomic E-state index is 13.9. The van der Waals surface area contributed by atoms with E-state index in [-0.39, 0.29) is 24.0 Å². The van der Waals surface area contributed by atoms with Gasteiger partial charge in [-0.2, -0.15) is 0 Å².